The zero-order valence-electron chi connectivity index (χ0n) is 11.9. The largest absolute Gasteiger partial charge is 0.481 e. The molecule has 1 aliphatic heterocycles. The van der Waals surface area contributed by atoms with Gasteiger partial charge in [0.15, 0.2) is 0 Å². The van der Waals surface area contributed by atoms with Crippen LogP contribution < -0.4 is 10.2 Å². The van der Waals surface area contributed by atoms with Crippen LogP contribution in [-0.4, -0.2) is 54.7 Å². The lowest BCUT2D eigenvalue weighted by Gasteiger charge is -2.36. The fourth-order valence-corrected chi connectivity index (χ4v) is 2.56. The van der Waals surface area contributed by atoms with Crippen molar-refractivity contribution in [3.8, 4) is 0 Å². The first-order valence-corrected chi connectivity index (χ1v) is 7.30. The van der Waals surface area contributed by atoms with Crippen molar-refractivity contribution in [3.05, 3.63) is 29.0 Å². The minimum absolute atomic E-state index is 0.100. The molecule has 0 atom stereocenters. The third kappa shape index (κ3) is 4.24. The van der Waals surface area contributed by atoms with Crippen LogP contribution in [0, 0.1) is 5.82 Å². The summed E-state index contributed by atoms with van der Waals surface area (Å²) < 4.78 is 13.1. The van der Waals surface area contributed by atoms with E-state index in [9.17, 15) is 14.0 Å². The standard InChI is InChI=1S/C14H17ClFN3O3/c15-11-9-10(16)1-2-12(11)18-5-7-19(8-6-18)14(22)17-4-3-13(20)21/h1-2,9H,3-8H2,(H,17,22)(H,20,21). The van der Waals surface area contributed by atoms with Gasteiger partial charge in [0, 0.05) is 32.7 Å². The third-order valence-corrected chi connectivity index (χ3v) is 3.74. The smallest absolute Gasteiger partial charge is 0.317 e. The van der Waals surface area contributed by atoms with E-state index < -0.39 is 5.97 Å². The zero-order chi connectivity index (χ0) is 16.1. The van der Waals surface area contributed by atoms with Gasteiger partial charge in [-0.2, -0.15) is 0 Å². The number of benzene rings is 1. The Morgan fingerprint density at radius 3 is 2.55 bits per heavy atom. The number of rotatable bonds is 4. The molecule has 0 aliphatic carbocycles. The Labute approximate surface area is 132 Å². The van der Waals surface area contributed by atoms with Gasteiger partial charge in [-0.15, -0.1) is 0 Å². The van der Waals surface area contributed by atoms with Gasteiger partial charge >= 0.3 is 12.0 Å². The molecule has 120 valence electrons. The predicted molar refractivity (Wildman–Crippen MR) is 80.8 cm³/mol. The highest BCUT2D eigenvalue weighted by Crippen LogP contribution is 2.27. The average Bonchev–Trinajstić information content (AvgIpc) is 2.47. The summed E-state index contributed by atoms with van der Waals surface area (Å²) in [5, 5.41) is 11.4. The zero-order valence-corrected chi connectivity index (χ0v) is 12.6. The summed E-state index contributed by atoms with van der Waals surface area (Å²) in [5.41, 5.74) is 0.744. The van der Waals surface area contributed by atoms with Crippen LogP contribution in [0.15, 0.2) is 18.2 Å². The van der Waals surface area contributed by atoms with Crippen molar-refractivity contribution in [1.29, 1.82) is 0 Å². The minimum atomic E-state index is -0.948. The summed E-state index contributed by atoms with van der Waals surface area (Å²) in [7, 11) is 0. The number of urea groups is 1. The highest BCUT2D eigenvalue weighted by Gasteiger charge is 2.22. The molecule has 0 unspecified atom stereocenters. The van der Waals surface area contributed by atoms with E-state index in [4.69, 9.17) is 16.7 Å². The van der Waals surface area contributed by atoms with Crippen LogP contribution in [0.4, 0.5) is 14.9 Å². The number of piperazine rings is 1. The molecule has 0 bridgehead atoms. The number of carboxylic acids is 1. The molecule has 8 heteroatoms. The number of carboxylic acid groups (broad SMARTS) is 1. The molecule has 1 heterocycles. The average molecular weight is 330 g/mol. The first kappa shape index (κ1) is 16.4. The molecule has 0 aromatic heterocycles. The monoisotopic (exact) mass is 329 g/mol. The van der Waals surface area contributed by atoms with Crippen LogP contribution in [0.25, 0.3) is 0 Å². The van der Waals surface area contributed by atoms with Crippen molar-refractivity contribution in [2.24, 2.45) is 0 Å². The highest BCUT2D eigenvalue weighted by molar-refractivity contribution is 6.33. The normalized spacial score (nSPS) is 14.8. The molecule has 0 spiro atoms. The molecule has 1 aromatic carbocycles. The number of amides is 2. The number of hydrogen-bond acceptors (Lipinski definition) is 3. The van der Waals surface area contributed by atoms with E-state index in [1.54, 1.807) is 11.0 Å². The van der Waals surface area contributed by atoms with Gasteiger partial charge in [0.05, 0.1) is 17.1 Å². The number of nitrogens with zero attached hydrogens (tertiary/aromatic N) is 2. The molecule has 0 saturated carbocycles. The quantitative estimate of drug-likeness (QED) is 0.883. The topological polar surface area (TPSA) is 72.9 Å². The number of carbonyl (C=O) groups is 2. The maximum absolute atomic E-state index is 13.1. The molecule has 2 amide bonds. The van der Waals surface area contributed by atoms with E-state index in [1.807, 2.05) is 4.90 Å². The lowest BCUT2D eigenvalue weighted by molar-refractivity contribution is -0.136. The molecule has 1 aromatic rings. The molecule has 1 aliphatic rings. The number of aliphatic carboxylic acids is 1. The SMILES string of the molecule is O=C(O)CCNC(=O)N1CCN(c2ccc(F)cc2Cl)CC1. The summed E-state index contributed by atoms with van der Waals surface area (Å²) >= 11 is 6.03. The predicted octanol–water partition coefficient (Wildman–Crippen LogP) is 1.79. The summed E-state index contributed by atoms with van der Waals surface area (Å²) in [6.07, 6.45) is -0.100. The van der Waals surface area contributed by atoms with Crippen molar-refractivity contribution in [2.45, 2.75) is 6.42 Å². The third-order valence-electron chi connectivity index (χ3n) is 3.43. The van der Waals surface area contributed by atoms with E-state index in [0.717, 1.165) is 5.69 Å². The maximum atomic E-state index is 13.1. The lowest BCUT2D eigenvalue weighted by Crippen LogP contribution is -2.52. The Morgan fingerprint density at radius 1 is 1.27 bits per heavy atom. The van der Waals surface area contributed by atoms with Gasteiger partial charge in [0.25, 0.3) is 0 Å². The van der Waals surface area contributed by atoms with Crippen LogP contribution in [0.2, 0.25) is 5.02 Å². The molecule has 2 N–H and O–H groups in total. The molecule has 0 radical (unpaired) electrons. The number of nitrogens with one attached hydrogen (secondary N) is 1. The van der Waals surface area contributed by atoms with Gasteiger partial charge < -0.3 is 20.2 Å². The van der Waals surface area contributed by atoms with Crippen molar-refractivity contribution in [2.75, 3.05) is 37.6 Å². The minimum Gasteiger partial charge on any atom is -0.481 e. The van der Waals surface area contributed by atoms with E-state index in [2.05, 4.69) is 5.32 Å². The van der Waals surface area contributed by atoms with Crippen molar-refractivity contribution >= 4 is 29.3 Å². The Balaban J connectivity index is 1.84. The Morgan fingerprint density at radius 2 is 1.95 bits per heavy atom. The number of anilines is 1. The lowest BCUT2D eigenvalue weighted by atomic mass is 10.2. The fourth-order valence-electron chi connectivity index (χ4n) is 2.28. The first-order chi connectivity index (χ1) is 10.5. The van der Waals surface area contributed by atoms with Gasteiger partial charge in [-0.25, -0.2) is 9.18 Å². The highest BCUT2D eigenvalue weighted by atomic mass is 35.5. The Kier molecular flexibility index (Phi) is 5.43. The van der Waals surface area contributed by atoms with Gasteiger partial charge in [-0.05, 0) is 18.2 Å². The Hall–Kier alpha value is -2.02. The second kappa shape index (κ2) is 7.31. The van der Waals surface area contributed by atoms with Gasteiger partial charge in [0.2, 0.25) is 0 Å². The van der Waals surface area contributed by atoms with E-state index in [0.29, 0.717) is 31.2 Å². The van der Waals surface area contributed by atoms with Crippen molar-refractivity contribution in [1.82, 2.24) is 10.2 Å². The van der Waals surface area contributed by atoms with Crippen LogP contribution in [-0.2, 0) is 4.79 Å². The van der Waals surface area contributed by atoms with Gasteiger partial charge in [-0.3, -0.25) is 4.79 Å². The molecular weight excluding hydrogens is 313 g/mol. The maximum Gasteiger partial charge on any atom is 0.317 e. The summed E-state index contributed by atoms with van der Waals surface area (Å²) in [6.45, 7) is 2.26. The molecule has 1 fully saturated rings. The second-order valence-corrected chi connectivity index (χ2v) is 5.35. The van der Waals surface area contributed by atoms with Crippen LogP contribution in [0.1, 0.15) is 6.42 Å². The van der Waals surface area contributed by atoms with Crippen LogP contribution in [0.3, 0.4) is 0 Å². The fraction of sp³-hybridized carbons (Fsp3) is 0.429. The van der Waals surface area contributed by atoms with Gasteiger partial charge in [0.1, 0.15) is 5.82 Å². The van der Waals surface area contributed by atoms with Crippen molar-refractivity contribution < 1.29 is 19.1 Å². The Bertz CT molecular complexity index is 562. The van der Waals surface area contributed by atoms with Gasteiger partial charge in [-0.1, -0.05) is 11.6 Å². The molecule has 1 saturated heterocycles. The molecule has 6 nitrogen and oxygen atoms in total. The number of carbonyl (C=O) groups excluding carboxylic acids is 1. The molecular formula is C14H17ClFN3O3. The van der Waals surface area contributed by atoms with E-state index in [1.165, 1.54) is 12.1 Å². The van der Waals surface area contributed by atoms with Crippen molar-refractivity contribution in [3.63, 3.8) is 0 Å². The van der Waals surface area contributed by atoms with Crippen LogP contribution >= 0.6 is 11.6 Å². The van der Waals surface area contributed by atoms with E-state index >= 15 is 0 Å². The number of hydrogen-bond donors (Lipinski definition) is 2. The molecule has 2 rings (SSSR count). The summed E-state index contributed by atoms with van der Waals surface area (Å²) in [4.78, 5) is 25.9. The number of halogens is 2. The first-order valence-electron chi connectivity index (χ1n) is 6.92. The summed E-state index contributed by atoms with van der Waals surface area (Å²) in [6, 6.07) is 3.97. The summed E-state index contributed by atoms with van der Waals surface area (Å²) in [5.74, 6) is -1.33. The van der Waals surface area contributed by atoms with E-state index in [-0.39, 0.29) is 24.8 Å². The molecule has 22 heavy (non-hydrogen) atoms. The van der Waals surface area contributed by atoms with Crippen LogP contribution in [0.5, 0.6) is 0 Å². The second-order valence-electron chi connectivity index (χ2n) is 4.95.